The van der Waals surface area contributed by atoms with Gasteiger partial charge in [-0.15, -0.1) is 0 Å². The normalized spacial score (nSPS) is 24.3. The third-order valence-corrected chi connectivity index (χ3v) is 11.0. The van der Waals surface area contributed by atoms with Crippen LogP contribution in [0.2, 0.25) is 0 Å². The zero-order valence-electron chi connectivity index (χ0n) is 29.8. The lowest BCUT2D eigenvalue weighted by molar-refractivity contribution is -0.124. The van der Waals surface area contributed by atoms with Crippen LogP contribution in [0.4, 0.5) is 10.5 Å². The smallest absolute Gasteiger partial charge is 0.410 e. The fourth-order valence-corrected chi connectivity index (χ4v) is 7.53. The standard InChI is InChI=1S/C40H54N4O5/c1-27(2)38(48-5)20-9-28(3)30-12-10-29(11-13-30)23-43(35-8-6-7-32(21-35)33-22-41-44(24-33)34-16-17-34)39(45)31-14-18-36(19-15-31)49-40(46)42-25-37(26-42)47-4/h6-9,20-22,24,29-31,34,36-37H,3,10-19,23,25-26H2,1-2,4-5H3/b20-9-. The van der Waals surface area contributed by atoms with Crippen molar-refractivity contribution >= 4 is 17.7 Å². The number of allylic oxidation sites excluding steroid dienone is 4. The molecule has 264 valence electrons. The molecule has 4 aliphatic rings. The van der Waals surface area contributed by atoms with Gasteiger partial charge in [0.2, 0.25) is 5.91 Å². The van der Waals surface area contributed by atoms with Gasteiger partial charge in [-0.1, -0.05) is 30.4 Å². The molecule has 2 heterocycles. The van der Waals surface area contributed by atoms with Crippen LogP contribution >= 0.6 is 0 Å². The average molecular weight is 671 g/mol. The van der Waals surface area contributed by atoms with Gasteiger partial charge in [-0.25, -0.2) is 4.79 Å². The fourth-order valence-electron chi connectivity index (χ4n) is 7.53. The highest BCUT2D eigenvalue weighted by molar-refractivity contribution is 5.95. The highest BCUT2D eigenvalue weighted by atomic mass is 16.6. The minimum atomic E-state index is -0.267. The molecule has 3 aliphatic carbocycles. The van der Waals surface area contributed by atoms with Crippen LogP contribution in [-0.2, 0) is 19.0 Å². The second kappa shape index (κ2) is 15.8. The summed E-state index contributed by atoms with van der Waals surface area (Å²) in [7, 11) is 3.37. The fraction of sp³-hybridized carbons (Fsp3) is 0.575. The number of carbonyl (C=O) groups excluding carboxylic acids is 2. The summed E-state index contributed by atoms with van der Waals surface area (Å²) in [5, 5.41) is 4.61. The predicted octanol–water partition coefficient (Wildman–Crippen LogP) is 8.10. The molecule has 6 rings (SSSR count). The van der Waals surface area contributed by atoms with Gasteiger partial charge >= 0.3 is 6.09 Å². The molecule has 49 heavy (non-hydrogen) atoms. The lowest BCUT2D eigenvalue weighted by Gasteiger charge is -2.39. The van der Waals surface area contributed by atoms with Gasteiger partial charge in [0.25, 0.3) is 0 Å². The number of hydrogen-bond donors (Lipinski definition) is 0. The van der Waals surface area contributed by atoms with E-state index in [2.05, 4.69) is 57.8 Å². The Morgan fingerprint density at radius 3 is 2.29 bits per heavy atom. The van der Waals surface area contributed by atoms with Gasteiger partial charge in [-0.3, -0.25) is 9.48 Å². The van der Waals surface area contributed by atoms with Gasteiger partial charge in [-0.05, 0) is 119 Å². The monoisotopic (exact) mass is 670 g/mol. The van der Waals surface area contributed by atoms with Gasteiger partial charge in [0, 0.05) is 37.0 Å². The van der Waals surface area contributed by atoms with E-state index >= 15 is 0 Å². The van der Waals surface area contributed by atoms with Gasteiger partial charge in [0.15, 0.2) is 0 Å². The Bertz CT molecular complexity index is 1530. The number of hydrogen-bond acceptors (Lipinski definition) is 6. The number of aromatic nitrogens is 2. The average Bonchev–Trinajstić information content (AvgIpc) is 3.82. The molecule has 2 aromatic rings. The van der Waals surface area contributed by atoms with Crippen molar-refractivity contribution in [3.63, 3.8) is 0 Å². The molecule has 9 nitrogen and oxygen atoms in total. The minimum absolute atomic E-state index is 0.0931. The summed E-state index contributed by atoms with van der Waals surface area (Å²) in [6.07, 6.45) is 17.4. The molecule has 0 bridgehead atoms. The van der Waals surface area contributed by atoms with E-state index < -0.39 is 0 Å². The van der Waals surface area contributed by atoms with Crippen LogP contribution in [0.1, 0.15) is 84.1 Å². The quantitative estimate of drug-likeness (QED) is 0.168. The van der Waals surface area contributed by atoms with E-state index in [0.29, 0.717) is 50.4 Å². The van der Waals surface area contributed by atoms with Crippen molar-refractivity contribution in [3.8, 4) is 11.1 Å². The predicted molar refractivity (Wildman–Crippen MR) is 192 cm³/mol. The van der Waals surface area contributed by atoms with E-state index in [1.54, 1.807) is 19.1 Å². The number of nitrogens with zero attached hydrogens (tertiary/aromatic N) is 4. The number of benzene rings is 1. The summed E-state index contributed by atoms with van der Waals surface area (Å²) in [4.78, 5) is 30.8. The summed E-state index contributed by atoms with van der Waals surface area (Å²) >= 11 is 0. The van der Waals surface area contributed by atoms with Crippen LogP contribution in [-0.4, -0.2) is 72.7 Å². The SMILES string of the molecule is C=C(/C=C\C(OC)=C(C)C)C1CCC(CN(C(=O)C2CCC(OC(=O)N3CC(OC)C3)CC2)c2cccc(-c3cnn(C4CC4)c3)c2)CC1. The van der Waals surface area contributed by atoms with E-state index in [1.165, 1.54) is 12.8 Å². The van der Waals surface area contributed by atoms with Gasteiger partial charge in [0.1, 0.15) is 11.9 Å². The number of amides is 2. The molecule has 0 unspecified atom stereocenters. The lowest BCUT2D eigenvalue weighted by Crippen LogP contribution is -2.55. The molecule has 9 heteroatoms. The molecular weight excluding hydrogens is 616 g/mol. The summed E-state index contributed by atoms with van der Waals surface area (Å²) in [5.74, 6) is 1.83. The third-order valence-electron chi connectivity index (χ3n) is 11.0. The number of ether oxygens (including phenoxy) is 3. The number of methoxy groups -OCH3 is 2. The first-order valence-electron chi connectivity index (χ1n) is 18.2. The molecule has 1 aromatic carbocycles. The topological polar surface area (TPSA) is 86.1 Å². The van der Waals surface area contributed by atoms with Crippen molar-refractivity contribution in [2.75, 3.05) is 38.8 Å². The summed E-state index contributed by atoms with van der Waals surface area (Å²) in [6, 6.07) is 8.94. The molecule has 4 fully saturated rings. The Kier molecular flexibility index (Phi) is 11.3. The molecule has 0 N–H and O–H groups in total. The van der Waals surface area contributed by atoms with Crippen LogP contribution in [0.25, 0.3) is 11.1 Å². The summed E-state index contributed by atoms with van der Waals surface area (Å²) in [5.41, 5.74) is 5.40. The van der Waals surface area contributed by atoms with E-state index in [9.17, 15) is 9.59 Å². The van der Waals surface area contributed by atoms with Crippen LogP contribution in [0, 0.1) is 17.8 Å². The van der Waals surface area contributed by atoms with Gasteiger partial charge in [-0.2, -0.15) is 5.10 Å². The molecular formula is C40H54N4O5. The van der Waals surface area contributed by atoms with Crippen molar-refractivity contribution < 1.29 is 23.8 Å². The van der Waals surface area contributed by atoms with Gasteiger partial charge in [0.05, 0.1) is 38.5 Å². The number of rotatable bonds is 12. The summed E-state index contributed by atoms with van der Waals surface area (Å²) in [6.45, 7) is 10.4. The van der Waals surface area contributed by atoms with E-state index in [4.69, 9.17) is 14.2 Å². The molecule has 1 saturated heterocycles. The maximum absolute atomic E-state index is 14.4. The Labute approximate surface area is 292 Å². The van der Waals surface area contributed by atoms with Crippen molar-refractivity contribution in [1.82, 2.24) is 14.7 Å². The van der Waals surface area contributed by atoms with Crippen molar-refractivity contribution in [2.45, 2.75) is 96.3 Å². The first-order chi connectivity index (χ1) is 23.7. The molecule has 3 saturated carbocycles. The first kappa shape index (κ1) is 35.0. The minimum Gasteiger partial charge on any atom is -0.497 e. The van der Waals surface area contributed by atoms with Crippen molar-refractivity contribution in [1.29, 1.82) is 0 Å². The highest BCUT2D eigenvalue weighted by Crippen LogP contribution is 2.38. The third kappa shape index (κ3) is 8.66. The Morgan fingerprint density at radius 1 is 0.918 bits per heavy atom. The molecule has 1 aliphatic heterocycles. The Hall–Kier alpha value is -3.85. The van der Waals surface area contributed by atoms with Crippen LogP contribution in [0.3, 0.4) is 0 Å². The largest absolute Gasteiger partial charge is 0.497 e. The summed E-state index contributed by atoms with van der Waals surface area (Å²) < 4.78 is 18.7. The van der Waals surface area contributed by atoms with Crippen LogP contribution in [0.15, 0.2) is 72.3 Å². The number of anilines is 1. The lowest BCUT2D eigenvalue weighted by atomic mass is 9.78. The molecule has 1 aromatic heterocycles. The van der Waals surface area contributed by atoms with Crippen molar-refractivity contribution in [3.05, 3.63) is 72.3 Å². The zero-order valence-corrected chi connectivity index (χ0v) is 29.8. The van der Waals surface area contributed by atoms with E-state index in [-0.39, 0.29) is 30.1 Å². The maximum atomic E-state index is 14.4. The van der Waals surface area contributed by atoms with Gasteiger partial charge < -0.3 is 24.0 Å². The molecule has 0 spiro atoms. The zero-order chi connectivity index (χ0) is 34.5. The second-order valence-electron chi connectivity index (χ2n) is 14.8. The van der Waals surface area contributed by atoms with Crippen LogP contribution < -0.4 is 4.90 Å². The second-order valence-corrected chi connectivity index (χ2v) is 14.8. The number of likely N-dealkylation sites (tertiary alicyclic amines) is 1. The molecule has 0 radical (unpaired) electrons. The molecule has 0 atom stereocenters. The van der Waals surface area contributed by atoms with E-state index in [1.807, 2.05) is 26.1 Å². The Morgan fingerprint density at radius 2 is 1.63 bits per heavy atom. The Balaban J connectivity index is 1.11. The highest BCUT2D eigenvalue weighted by Gasteiger charge is 2.36. The first-order valence-corrected chi connectivity index (χ1v) is 18.2. The maximum Gasteiger partial charge on any atom is 0.410 e. The number of carbonyl (C=O) groups is 2. The molecule has 2 amide bonds. The van der Waals surface area contributed by atoms with Crippen molar-refractivity contribution in [2.24, 2.45) is 17.8 Å². The van der Waals surface area contributed by atoms with Crippen LogP contribution in [0.5, 0.6) is 0 Å². The van der Waals surface area contributed by atoms with E-state index in [0.717, 1.165) is 72.2 Å².